The van der Waals surface area contributed by atoms with Crippen molar-refractivity contribution >= 4 is 0 Å². The molecular formula is C5H12. The van der Waals surface area contributed by atoms with E-state index in [4.69, 9.17) is 8.22 Å². The topological polar surface area (TPSA) is 0 Å². The lowest BCUT2D eigenvalue weighted by atomic mass is 10.2. The lowest BCUT2D eigenvalue weighted by Crippen LogP contribution is -1.77. The molecule has 0 saturated carbocycles. The largest absolute Gasteiger partial charge is 0.0651 e. The Balaban J connectivity index is 4.75. The highest BCUT2D eigenvalue weighted by molar-refractivity contribution is 4.32. The van der Waals surface area contributed by atoms with Crippen molar-refractivity contribution < 1.29 is 8.22 Å². The number of hydrogen-bond acceptors (Lipinski definition) is 0. The van der Waals surface area contributed by atoms with Gasteiger partial charge in [-0.3, -0.25) is 0 Å². The van der Waals surface area contributed by atoms with Gasteiger partial charge in [-0.15, -0.1) is 0 Å². The van der Waals surface area contributed by atoms with Gasteiger partial charge in [-0.2, -0.15) is 0 Å². The van der Waals surface area contributed by atoms with Gasteiger partial charge in [-0.1, -0.05) is 27.1 Å². The Hall–Kier alpha value is 0. The minimum absolute atomic E-state index is 1.08. The molecule has 0 aliphatic carbocycles. The first-order valence-corrected chi connectivity index (χ1v) is 1.50. The summed E-state index contributed by atoms with van der Waals surface area (Å²) in [6.07, 6.45) is -2.02. The summed E-state index contributed by atoms with van der Waals surface area (Å²) in [7, 11) is 0. The van der Waals surface area contributed by atoms with Gasteiger partial charge in [0.25, 0.3) is 0 Å². The van der Waals surface area contributed by atoms with Crippen molar-refractivity contribution in [2.75, 3.05) is 0 Å². The minimum atomic E-state index is -2.58. The van der Waals surface area contributed by atoms with Crippen LogP contribution in [-0.4, -0.2) is 0 Å². The van der Waals surface area contributed by atoms with Gasteiger partial charge in [0.15, 0.2) is 0 Å². The molecule has 0 fully saturated rings. The van der Waals surface area contributed by atoms with Gasteiger partial charge in [0.05, 0.1) is 0 Å². The average molecular weight is 78.2 g/mol. The summed E-state index contributed by atoms with van der Waals surface area (Å²) < 4.78 is 42.2. The van der Waals surface area contributed by atoms with E-state index in [1.54, 1.807) is 0 Å². The minimum Gasteiger partial charge on any atom is -0.0651 e. The van der Waals surface area contributed by atoms with Crippen molar-refractivity contribution in [2.24, 2.45) is 5.89 Å². The molecule has 0 aromatic rings. The fourth-order valence-electron chi connectivity index (χ4n) is 0. The zero-order chi connectivity index (χ0) is 9.50. The van der Waals surface area contributed by atoms with Crippen LogP contribution in [0.4, 0.5) is 0 Å². The standard InChI is InChI=1S/C5H12/c1-4-5(2)3/h5H,4H2,1-3H3/i2D3,4D2,5D. The molecule has 0 heteroatoms. The summed E-state index contributed by atoms with van der Waals surface area (Å²) in [5.74, 6) is -2.04. The second-order valence-electron chi connectivity index (χ2n) is 0.875. The van der Waals surface area contributed by atoms with Crippen LogP contribution in [0, 0.1) is 5.89 Å². The quantitative estimate of drug-likeness (QED) is 0.450. The third-order valence-corrected chi connectivity index (χ3v) is 0.375. The van der Waals surface area contributed by atoms with E-state index in [2.05, 4.69) is 0 Å². The van der Waals surface area contributed by atoms with E-state index in [1.165, 1.54) is 0 Å². The molecule has 0 spiro atoms. The van der Waals surface area contributed by atoms with Crippen molar-refractivity contribution in [3.05, 3.63) is 0 Å². The second-order valence-corrected chi connectivity index (χ2v) is 0.875. The highest BCUT2D eigenvalue weighted by Gasteiger charge is 1.80. The number of rotatable bonds is 1. The summed E-state index contributed by atoms with van der Waals surface area (Å²) >= 11 is 0. The summed E-state index contributed by atoms with van der Waals surface area (Å²) in [6.45, 7) is -0.391. The molecule has 0 aliphatic rings. The zero-order valence-corrected chi connectivity index (χ0v) is 3.50. The van der Waals surface area contributed by atoms with Gasteiger partial charge < -0.3 is 0 Å². The molecule has 0 aromatic carbocycles. The Kier molecular flexibility index (Phi) is 0.360. The first-order valence-electron chi connectivity index (χ1n) is 4.50. The van der Waals surface area contributed by atoms with Gasteiger partial charge in [0.2, 0.25) is 0 Å². The molecule has 0 bridgehead atoms. The van der Waals surface area contributed by atoms with Gasteiger partial charge in [-0.25, -0.2) is 0 Å². The molecule has 1 atom stereocenters. The van der Waals surface area contributed by atoms with E-state index in [9.17, 15) is 0 Å². The van der Waals surface area contributed by atoms with Crippen molar-refractivity contribution in [3.8, 4) is 0 Å². The summed E-state index contributed by atoms with van der Waals surface area (Å²) in [4.78, 5) is 0. The fourth-order valence-corrected chi connectivity index (χ4v) is 0. The molecule has 0 rings (SSSR count). The molecule has 0 N–H and O–H groups in total. The maximum absolute atomic E-state index is 7.29. The molecule has 0 aliphatic heterocycles. The molecular weight excluding hydrogens is 60.1 g/mol. The van der Waals surface area contributed by atoms with Crippen molar-refractivity contribution in [1.82, 2.24) is 0 Å². The summed E-state index contributed by atoms with van der Waals surface area (Å²) in [5, 5.41) is 0. The van der Waals surface area contributed by atoms with Gasteiger partial charge >= 0.3 is 0 Å². The molecule has 0 amide bonds. The van der Waals surface area contributed by atoms with Crippen LogP contribution in [0.1, 0.15) is 35.3 Å². The smallest absolute Gasteiger partial charge is 0.0297 e. The van der Waals surface area contributed by atoms with E-state index in [0.29, 0.717) is 0 Å². The molecule has 0 saturated heterocycles. The van der Waals surface area contributed by atoms with Crippen LogP contribution < -0.4 is 0 Å². The van der Waals surface area contributed by atoms with Gasteiger partial charge in [-0.05, 0) is 5.89 Å². The van der Waals surface area contributed by atoms with Gasteiger partial charge in [0, 0.05) is 8.22 Å². The number of hydrogen-bond donors (Lipinski definition) is 0. The van der Waals surface area contributed by atoms with Crippen molar-refractivity contribution in [2.45, 2.75) is 27.1 Å². The molecule has 32 valence electrons. The van der Waals surface area contributed by atoms with Crippen LogP contribution >= 0.6 is 0 Å². The predicted molar refractivity (Wildman–Crippen MR) is 25.1 cm³/mol. The molecule has 0 nitrogen and oxygen atoms in total. The zero-order valence-electron chi connectivity index (χ0n) is 9.50. The van der Waals surface area contributed by atoms with E-state index in [0.717, 1.165) is 13.8 Å². The van der Waals surface area contributed by atoms with E-state index >= 15 is 0 Å². The van der Waals surface area contributed by atoms with Crippen molar-refractivity contribution in [3.63, 3.8) is 0 Å². The maximum Gasteiger partial charge on any atom is 0.0297 e. The first kappa shape index (κ1) is 0.800. The van der Waals surface area contributed by atoms with Crippen LogP contribution in [-0.2, 0) is 0 Å². The molecule has 0 radical (unpaired) electrons. The lowest BCUT2D eigenvalue weighted by molar-refractivity contribution is 0.626. The molecule has 5 heavy (non-hydrogen) atoms. The van der Waals surface area contributed by atoms with E-state index in [-0.39, 0.29) is 0 Å². The van der Waals surface area contributed by atoms with Crippen LogP contribution in [0.25, 0.3) is 0 Å². The Bertz CT molecular complexity index is 122. The van der Waals surface area contributed by atoms with Crippen LogP contribution in [0.2, 0.25) is 0 Å². The summed E-state index contributed by atoms with van der Waals surface area (Å²) in [6, 6.07) is 0. The molecule has 1 unspecified atom stereocenters. The monoisotopic (exact) mass is 78.1 g/mol. The normalized spacial score (nSPS) is 44.4. The summed E-state index contributed by atoms with van der Waals surface area (Å²) in [5.41, 5.74) is 0. The van der Waals surface area contributed by atoms with Crippen molar-refractivity contribution in [1.29, 1.82) is 0 Å². The molecule has 0 aromatic heterocycles. The third kappa shape index (κ3) is 4.00. The Labute approximate surface area is 42.6 Å². The van der Waals surface area contributed by atoms with E-state index in [1.807, 2.05) is 0 Å². The van der Waals surface area contributed by atoms with Gasteiger partial charge in [0.1, 0.15) is 0 Å². The average Bonchev–Trinajstić information content (AvgIpc) is 1.58. The second kappa shape index (κ2) is 2.25. The molecule has 0 heterocycles. The highest BCUT2D eigenvalue weighted by Crippen LogP contribution is 1.93. The Morgan fingerprint density at radius 2 is 3.00 bits per heavy atom. The fraction of sp³-hybridized carbons (Fsp3) is 1.00. The highest BCUT2D eigenvalue weighted by atomic mass is 13.9. The predicted octanol–water partition coefficient (Wildman–Crippen LogP) is 2.05. The lowest BCUT2D eigenvalue weighted by Gasteiger charge is -1.90. The Morgan fingerprint density at radius 1 is 2.40 bits per heavy atom. The first-order chi connectivity index (χ1) is 4.50. The Morgan fingerprint density at radius 3 is 3.00 bits per heavy atom. The third-order valence-electron chi connectivity index (χ3n) is 0.375. The van der Waals surface area contributed by atoms with E-state index < -0.39 is 19.1 Å². The van der Waals surface area contributed by atoms with Crippen LogP contribution in [0.5, 0.6) is 0 Å². The SMILES string of the molecule is [2H]C([2H])([2H])C([2H])(C)C([2H])([2H])C. The van der Waals surface area contributed by atoms with Crippen LogP contribution in [0.15, 0.2) is 0 Å². The maximum atomic E-state index is 7.29. The van der Waals surface area contributed by atoms with Crippen LogP contribution in [0.3, 0.4) is 0 Å².